The molecule has 0 spiro atoms. The van der Waals surface area contributed by atoms with Gasteiger partial charge in [0.1, 0.15) is 0 Å². The molecule has 5 N–H and O–H groups in total. The van der Waals surface area contributed by atoms with Gasteiger partial charge < -0.3 is 21.1 Å². The van der Waals surface area contributed by atoms with E-state index in [0.29, 0.717) is 0 Å². The molecular formula is C8H10ClF2NO3. The minimum absolute atomic E-state index is 0. The Morgan fingerprint density at radius 1 is 1.07 bits per heavy atom. The van der Waals surface area contributed by atoms with Gasteiger partial charge in [0.2, 0.25) is 5.75 Å². The Labute approximate surface area is 90.4 Å². The molecule has 0 fully saturated rings. The van der Waals surface area contributed by atoms with Crippen LogP contribution in [0.4, 0.5) is 8.78 Å². The molecule has 0 aliphatic heterocycles. The van der Waals surface area contributed by atoms with Crippen LogP contribution in [-0.4, -0.2) is 21.7 Å². The second-order valence-corrected chi connectivity index (χ2v) is 2.73. The highest BCUT2D eigenvalue weighted by Gasteiger charge is 2.23. The monoisotopic (exact) mass is 241 g/mol. The van der Waals surface area contributed by atoms with Crippen molar-refractivity contribution < 1.29 is 24.1 Å². The lowest BCUT2D eigenvalue weighted by Gasteiger charge is -2.13. The van der Waals surface area contributed by atoms with Crippen molar-refractivity contribution in [3.8, 4) is 17.2 Å². The summed E-state index contributed by atoms with van der Waals surface area (Å²) in [6, 6.07) is 0.315. The summed E-state index contributed by atoms with van der Waals surface area (Å²) in [6.45, 7) is 0. The minimum Gasteiger partial charge on any atom is -0.504 e. The van der Waals surface area contributed by atoms with Crippen LogP contribution in [0.25, 0.3) is 0 Å². The number of alkyl halides is 2. The highest BCUT2D eigenvalue weighted by atomic mass is 35.5. The number of rotatable bonds is 2. The number of aromatic hydroxyl groups is 3. The highest BCUT2D eigenvalue weighted by molar-refractivity contribution is 5.85. The van der Waals surface area contributed by atoms with Crippen molar-refractivity contribution in [1.29, 1.82) is 0 Å². The molecule has 0 aliphatic carbocycles. The number of nitrogens with two attached hydrogens (primary N) is 1. The lowest BCUT2D eigenvalue weighted by atomic mass is 10.1. The first-order valence-corrected chi connectivity index (χ1v) is 3.72. The van der Waals surface area contributed by atoms with Crippen LogP contribution in [0.3, 0.4) is 0 Å². The SMILES string of the molecule is Cl.N[C@@H](c1ccc(O)c(O)c1O)C(F)F. The van der Waals surface area contributed by atoms with Gasteiger partial charge in [-0.25, -0.2) is 8.78 Å². The summed E-state index contributed by atoms with van der Waals surface area (Å²) in [4.78, 5) is 0. The molecule has 0 heterocycles. The van der Waals surface area contributed by atoms with E-state index in [2.05, 4.69) is 0 Å². The van der Waals surface area contributed by atoms with E-state index < -0.39 is 29.7 Å². The molecule has 1 atom stereocenters. The van der Waals surface area contributed by atoms with Crippen molar-refractivity contribution in [1.82, 2.24) is 0 Å². The number of hydrogen-bond donors (Lipinski definition) is 4. The van der Waals surface area contributed by atoms with Crippen LogP contribution in [0.5, 0.6) is 17.2 Å². The van der Waals surface area contributed by atoms with Gasteiger partial charge in [0.05, 0.1) is 6.04 Å². The van der Waals surface area contributed by atoms with Crippen LogP contribution >= 0.6 is 12.4 Å². The van der Waals surface area contributed by atoms with Crippen molar-refractivity contribution in [2.75, 3.05) is 0 Å². The van der Waals surface area contributed by atoms with Gasteiger partial charge in [-0.2, -0.15) is 0 Å². The lowest BCUT2D eigenvalue weighted by Crippen LogP contribution is -2.18. The van der Waals surface area contributed by atoms with E-state index >= 15 is 0 Å². The van der Waals surface area contributed by atoms with E-state index in [4.69, 9.17) is 15.9 Å². The largest absolute Gasteiger partial charge is 0.504 e. The number of hydrogen-bond acceptors (Lipinski definition) is 4. The molecule has 1 rings (SSSR count). The first-order valence-electron chi connectivity index (χ1n) is 3.72. The number of benzene rings is 1. The van der Waals surface area contributed by atoms with Crippen molar-refractivity contribution >= 4 is 12.4 Å². The van der Waals surface area contributed by atoms with Crippen molar-refractivity contribution in [3.63, 3.8) is 0 Å². The quantitative estimate of drug-likeness (QED) is 0.591. The van der Waals surface area contributed by atoms with Gasteiger partial charge in [-0.15, -0.1) is 12.4 Å². The molecule has 86 valence electrons. The summed E-state index contributed by atoms with van der Waals surface area (Å²) >= 11 is 0. The summed E-state index contributed by atoms with van der Waals surface area (Å²) in [5, 5.41) is 27.1. The van der Waals surface area contributed by atoms with Crippen LogP contribution in [-0.2, 0) is 0 Å². The summed E-state index contributed by atoms with van der Waals surface area (Å²) in [7, 11) is 0. The summed E-state index contributed by atoms with van der Waals surface area (Å²) < 4.78 is 24.3. The Balaban J connectivity index is 0.00000196. The fourth-order valence-corrected chi connectivity index (χ4v) is 0.989. The molecule has 0 radical (unpaired) electrons. The zero-order valence-electron chi connectivity index (χ0n) is 7.39. The molecule has 0 saturated carbocycles. The molecule has 0 bridgehead atoms. The zero-order chi connectivity index (χ0) is 10.9. The number of halogens is 3. The minimum atomic E-state index is -2.86. The van der Waals surface area contributed by atoms with E-state index in [1.54, 1.807) is 0 Å². The van der Waals surface area contributed by atoms with Gasteiger partial charge in [0, 0.05) is 5.56 Å². The predicted molar refractivity (Wildman–Crippen MR) is 51.6 cm³/mol. The molecule has 0 aliphatic rings. The lowest BCUT2D eigenvalue weighted by molar-refractivity contribution is 0.115. The van der Waals surface area contributed by atoms with Crippen LogP contribution in [0.15, 0.2) is 12.1 Å². The van der Waals surface area contributed by atoms with Gasteiger partial charge in [-0.1, -0.05) is 0 Å². The molecular weight excluding hydrogens is 232 g/mol. The molecule has 0 amide bonds. The topological polar surface area (TPSA) is 86.7 Å². The Morgan fingerprint density at radius 2 is 1.60 bits per heavy atom. The molecule has 4 nitrogen and oxygen atoms in total. The van der Waals surface area contributed by atoms with Crippen LogP contribution in [0, 0.1) is 0 Å². The Hall–Kier alpha value is -1.27. The van der Waals surface area contributed by atoms with Crippen LogP contribution in [0.2, 0.25) is 0 Å². The smallest absolute Gasteiger partial charge is 0.257 e. The van der Waals surface area contributed by atoms with Crippen molar-refractivity contribution in [2.45, 2.75) is 12.5 Å². The fourth-order valence-electron chi connectivity index (χ4n) is 0.989. The fraction of sp³-hybridized carbons (Fsp3) is 0.250. The summed E-state index contributed by atoms with van der Waals surface area (Å²) in [5.74, 6) is -2.26. The molecule has 1 aromatic carbocycles. The predicted octanol–water partition coefficient (Wildman–Crippen LogP) is 1.49. The summed E-state index contributed by atoms with van der Waals surface area (Å²) in [5.41, 5.74) is 4.74. The van der Waals surface area contributed by atoms with Crippen LogP contribution in [0.1, 0.15) is 11.6 Å². The van der Waals surface area contributed by atoms with Crippen molar-refractivity contribution in [3.05, 3.63) is 17.7 Å². The highest BCUT2D eigenvalue weighted by Crippen LogP contribution is 2.40. The van der Waals surface area contributed by atoms with Gasteiger partial charge >= 0.3 is 0 Å². The number of phenols is 3. The molecule has 1 aromatic rings. The average Bonchev–Trinajstić information content (AvgIpc) is 2.13. The van der Waals surface area contributed by atoms with Crippen molar-refractivity contribution in [2.24, 2.45) is 5.73 Å². The third-order valence-corrected chi connectivity index (χ3v) is 1.79. The van der Waals surface area contributed by atoms with Crippen LogP contribution < -0.4 is 5.73 Å². The Kier molecular flexibility index (Phi) is 4.57. The van der Waals surface area contributed by atoms with Gasteiger partial charge in [-0.05, 0) is 12.1 Å². The average molecular weight is 242 g/mol. The second-order valence-electron chi connectivity index (χ2n) is 2.73. The maximum absolute atomic E-state index is 12.1. The van der Waals surface area contributed by atoms with E-state index in [9.17, 15) is 13.9 Å². The Morgan fingerprint density at radius 3 is 2.07 bits per heavy atom. The molecule has 7 heteroatoms. The molecule has 0 saturated heterocycles. The molecule has 0 aromatic heterocycles. The molecule has 0 unspecified atom stereocenters. The van der Waals surface area contributed by atoms with E-state index in [-0.39, 0.29) is 18.0 Å². The second kappa shape index (κ2) is 4.99. The molecule has 15 heavy (non-hydrogen) atoms. The maximum atomic E-state index is 12.1. The first-order chi connectivity index (χ1) is 6.45. The van der Waals surface area contributed by atoms with Gasteiger partial charge in [-0.3, -0.25) is 0 Å². The number of phenolic OH excluding ortho intramolecular Hbond substituents is 3. The third-order valence-electron chi connectivity index (χ3n) is 1.79. The standard InChI is InChI=1S/C8H9F2NO3.ClH/c9-8(10)5(11)3-1-2-4(12)7(14)6(3)13;/h1-2,5,8,12-14H,11H2;1H/t5-;/m0./s1. The Bertz CT molecular complexity index is 349. The zero-order valence-corrected chi connectivity index (χ0v) is 8.21. The third kappa shape index (κ3) is 2.60. The first kappa shape index (κ1) is 13.7. The normalized spacial score (nSPS) is 12.3. The maximum Gasteiger partial charge on any atom is 0.257 e. The van der Waals surface area contributed by atoms with E-state index in [1.165, 1.54) is 0 Å². The van der Waals surface area contributed by atoms with Gasteiger partial charge in [0.25, 0.3) is 6.43 Å². The van der Waals surface area contributed by atoms with E-state index in [1.807, 2.05) is 0 Å². The summed E-state index contributed by atoms with van der Waals surface area (Å²) in [6.07, 6.45) is -2.86. The van der Waals surface area contributed by atoms with E-state index in [0.717, 1.165) is 12.1 Å². The van der Waals surface area contributed by atoms with Gasteiger partial charge in [0.15, 0.2) is 11.5 Å².